The molecule has 3 aromatic heterocycles. The summed E-state index contributed by atoms with van der Waals surface area (Å²) >= 11 is 0.636. The molecule has 2 aliphatic rings. The molecule has 2 N–H and O–H groups in total. The van der Waals surface area contributed by atoms with E-state index in [1.165, 1.54) is 12.3 Å². The topological polar surface area (TPSA) is 49.9 Å². The summed E-state index contributed by atoms with van der Waals surface area (Å²) in [5, 5.41) is 3.31. The van der Waals surface area contributed by atoms with Gasteiger partial charge in [0.25, 0.3) is 0 Å². The van der Waals surface area contributed by atoms with E-state index in [9.17, 15) is 17.6 Å². The second kappa shape index (κ2) is 6.18. The molecule has 1 saturated carbocycles. The Labute approximate surface area is 161 Å². The number of halogens is 4. The maximum absolute atomic E-state index is 14.7. The van der Waals surface area contributed by atoms with Gasteiger partial charge in [-0.1, -0.05) is 0 Å². The Morgan fingerprint density at radius 3 is 2.71 bits per heavy atom. The van der Waals surface area contributed by atoms with E-state index in [1.807, 2.05) is 0 Å². The Morgan fingerprint density at radius 1 is 1.25 bits per heavy atom. The molecule has 28 heavy (non-hydrogen) atoms. The number of nitrogens with one attached hydrogen (secondary N) is 2. The highest BCUT2D eigenvalue weighted by Crippen LogP contribution is 2.49. The van der Waals surface area contributed by atoms with Crippen molar-refractivity contribution in [3.8, 4) is 0 Å². The van der Waals surface area contributed by atoms with Crippen LogP contribution in [0, 0.1) is 5.82 Å². The smallest absolute Gasteiger partial charge is 0.374 e. The first-order valence-corrected chi connectivity index (χ1v) is 9.89. The second-order valence-electron chi connectivity index (χ2n) is 7.50. The number of anilines is 2. The highest BCUT2D eigenvalue weighted by molar-refractivity contribution is 7.18. The lowest BCUT2D eigenvalue weighted by molar-refractivity contribution is -0.134. The zero-order valence-corrected chi connectivity index (χ0v) is 15.5. The third kappa shape index (κ3) is 3.16. The molecule has 9 heteroatoms. The molecule has 1 unspecified atom stereocenters. The Kier molecular flexibility index (Phi) is 3.96. The lowest BCUT2D eigenvalue weighted by Crippen LogP contribution is -2.26. The maximum atomic E-state index is 14.7. The predicted molar refractivity (Wildman–Crippen MR) is 98.5 cm³/mol. The molecule has 4 heterocycles. The third-order valence-electron chi connectivity index (χ3n) is 5.58. The van der Waals surface area contributed by atoms with Crippen molar-refractivity contribution in [2.24, 2.45) is 0 Å². The third-order valence-corrected chi connectivity index (χ3v) is 6.69. The van der Waals surface area contributed by atoms with Crippen LogP contribution < -0.4 is 5.32 Å². The van der Waals surface area contributed by atoms with Crippen LogP contribution in [0.15, 0.2) is 24.5 Å². The standard InChI is InChI=1S/C19H17F4N3OS/c20-13-6-16(24-7-12(13)10-1-2-18(3-4-18)27-9-10)26-14-8-25-17-11(14)5-15(28-17)19(21,22)23/h5-8,10,25H,1-4,9H2,(H,24,26). The summed E-state index contributed by atoms with van der Waals surface area (Å²) in [6.07, 6.45) is 2.65. The largest absolute Gasteiger partial charge is 0.425 e. The molecular formula is C19H17F4N3OS. The number of rotatable bonds is 3. The fourth-order valence-electron chi connectivity index (χ4n) is 3.75. The Hall–Kier alpha value is -2.13. The number of aromatic amines is 1. The molecule has 0 bridgehead atoms. The molecule has 1 atom stereocenters. The van der Waals surface area contributed by atoms with Gasteiger partial charge in [0.2, 0.25) is 0 Å². The number of hydrogen-bond acceptors (Lipinski definition) is 4. The molecule has 1 spiro atoms. The van der Waals surface area contributed by atoms with Crippen molar-refractivity contribution in [2.45, 2.75) is 43.4 Å². The summed E-state index contributed by atoms with van der Waals surface area (Å²) in [6, 6.07) is 2.36. The number of hydrogen-bond donors (Lipinski definition) is 2. The van der Waals surface area contributed by atoms with Crippen LogP contribution >= 0.6 is 11.3 Å². The van der Waals surface area contributed by atoms with E-state index in [4.69, 9.17) is 4.74 Å². The molecule has 148 valence electrons. The van der Waals surface area contributed by atoms with Crippen molar-refractivity contribution < 1.29 is 22.3 Å². The summed E-state index contributed by atoms with van der Waals surface area (Å²) in [5.41, 5.74) is 1.01. The summed E-state index contributed by atoms with van der Waals surface area (Å²) in [6.45, 7) is 0.499. The molecule has 5 rings (SSSR count). The van der Waals surface area contributed by atoms with Gasteiger partial charge in [0.1, 0.15) is 21.3 Å². The molecule has 1 aliphatic carbocycles. The minimum absolute atomic E-state index is 0.0158. The molecule has 4 nitrogen and oxygen atoms in total. The number of thiophene rings is 1. The van der Waals surface area contributed by atoms with Gasteiger partial charge in [-0.05, 0) is 31.7 Å². The number of ether oxygens (including phenoxy) is 1. The van der Waals surface area contributed by atoms with Crippen LogP contribution in [0.25, 0.3) is 10.2 Å². The van der Waals surface area contributed by atoms with Crippen molar-refractivity contribution in [1.29, 1.82) is 0 Å². The normalized spacial score (nSPS) is 21.4. The molecule has 1 saturated heterocycles. The first kappa shape index (κ1) is 17.9. The monoisotopic (exact) mass is 411 g/mol. The minimum atomic E-state index is -4.39. The average molecular weight is 411 g/mol. The van der Waals surface area contributed by atoms with Crippen molar-refractivity contribution in [3.05, 3.63) is 40.8 Å². The van der Waals surface area contributed by atoms with E-state index in [0.29, 0.717) is 39.4 Å². The van der Waals surface area contributed by atoms with Crippen LogP contribution in [-0.4, -0.2) is 22.2 Å². The number of aromatic nitrogens is 2. The Bertz CT molecular complexity index is 1030. The summed E-state index contributed by atoms with van der Waals surface area (Å²) in [7, 11) is 0. The molecule has 1 aliphatic heterocycles. The Morgan fingerprint density at radius 2 is 2.07 bits per heavy atom. The van der Waals surface area contributed by atoms with Gasteiger partial charge in [0, 0.05) is 35.3 Å². The zero-order chi connectivity index (χ0) is 19.5. The molecule has 3 aromatic rings. The first-order valence-electron chi connectivity index (χ1n) is 9.08. The van der Waals surface area contributed by atoms with Crippen molar-refractivity contribution in [3.63, 3.8) is 0 Å². The number of nitrogens with zero attached hydrogens (tertiary/aromatic N) is 1. The first-order chi connectivity index (χ1) is 13.3. The van der Waals surface area contributed by atoms with Crippen LogP contribution in [0.3, 0.4) is 0 Å². The number of H-pyrrole nitrogens is 1. The van der Waals surface area contributed by atoms with Crippen molar-refractivity contribution >= 4 is 33.1 Å². The van der Waals surface area contributed by atoms with Gasteiger partial charge in [0.15, 0.2) is 0 Å². The second-order valence-corrected chi connectivity index (χ2v) is 8.55. The van der Waals surface area contributed by atoms with Gasteiger partial charge in [-0.3, -0.25) is 0 Å². The lowest BCUT2D eigenvalue weighted by atomic mass is 9.91. The van der Waals surface area contributed by atoms with Crippen molar-refractivity contribution in [1.82, 2.24) is 9.97 Å². The summed E-state index contributed by atoms with van der Waals surface area (Å²) in [4.78, 5) is 6.79. The van der Waals surface area contributed by atoms with Gasteiger partial charge < -0.3 is 15.0 Å². The SMILES string of the molecule is Fc1cc(Nc2c[nH]c3sc(C(F)(F)F)cc23)ncc1C1CCC2(CC2)OC1. The highest BCUT2D eigenvalue weighted by atomic mass is 32.1. The molecule has 0 aromatic carbocycles. The maximum Gasteiger partial charge on any atom is 0.425 e. The number of fused-ring (bicyclic) bond motifs is 1. The zero-order valence-electron chi connectivity index (χ0n) is 14.7. The summed E-state index contributed by atoms with van der Waals surface area (Å²) in [5.74, 6) is -0.152. The van der Waals surface area contributed by atoms with Gasteiger partial charge >= 0.3 is 6.18 Å². The molecule has 0 radical (unpaired) electrons. The van der Waals surface area contributed by atoms with Gasteiger partial charge in [-0.15, -0.1) is 11.3 Å². The van der Waals surface area contributed by atoms with Crippen LogP contribution in [0.5, 0.6) is 0 Å². The van der Waals surface area contributed by atoms with Crippen LogP contribution in [0.4, 0.5) is 29.1 Å². The van der Waals surface area contributed by atoms with Gasteiger partial charge in [-0.2, -0.15) is 13.2 Å². The van der Waals surface area contributed by atoms with E-state index in [0.717, 1.165) is 31.7 Å². The highest BCUT2D eigenvalue weighted by Gasteiger charge is 2.47. The minimum Gasteiger partial charge on any atom is -0.374 e. The average Bonchev–Trinajstić information content (AvgIpc) is 3.09. The molecule has 2 fully saturated rings. The summed E-state index contributed by atoms with van der Waals surface area (Å²) < 4.78 is 59.2. The molecule has 0 amide bonds. The van der Waals surface area contributed by atoms with E-state index in [2.05, 4.69) is 15.3 Å². The number of alkyl halides is 3. The quantitative estimate of drug-likeness (QED) is 0.524. The lowest BCUT2D eigenvalue weighted by Gasteiger charge is -2.29. The number of pyridine rings is 1. The van der Waals surface area contributed by atoms with E-state index in [-0.39, 0.29) is 23.2 Å². The van der Waals surface area contributed by atoms with E-state index >= 15 is 0 Å². The van der Waals surface area contributed by atoms with Gasteiger partial charge in [0.05, 0.1) is 17.9 Å². The fourth-order valence-corrected chi connectivity index (χ4v) is 4.66. The van der Waals surface area contributed by atoms with E-state index < -0.39 is 11.1 Å². The molecular weight excluding hydrogens is 394 g/mol. The predicted octanol–water partition coefficient (Wildman–Crippen LogP) is 5.95. The Balaban J connectivity index is 1.35. The van der Waals surface area contributed by atoms with Crippen LogP contribution in [0.1, 0.15) is 42.0 Å². The van der Waals surface area contributed by atoms with Crippen LogP contribution in [-0.2, 0) is 10.9 Å². The van der Waals surface area contributed by atoms with E-state index in [1.54, 1.807) is 6.20 Å². The van der Waals surface area contributed by atoms with Crippen LogP contribution in [0.2, 0.25) is 0 Å². The van der Waals surface area contributed by atoms with Gasteiger partial charge in [-0.25, -0.2) is 9.37 Å². The van der Waals surface area contributed by atoms with Crippen molar-refractivity contribution in [2.75, 3.05) is 11.9 Å². The fraction of sp³-hybridized carbons (Fsp3) is 0.421.